The highest BCUT2D eigenvalue weighted by atomic mass is 32.1. The van der Waals surface area contributed by atoms with Gasteiger partial charge in [0.15, 0.2) is 0 Å². The summed E-state index contributed by atoms with van der Waals surface area (Å²) in [5.74, 6) is -0.242. The van der Waals surface area contributed by atoms with E-state index in [1.165, 1.54) is 0 Å². The van der Waals surface area contributed by atoms with Gasteiger partial charge >= 0.3 is 0 Å². The van der Waals surface area contributed by atoms with Crippen molar-refractivity contribution >= 4 is 17.2 Å². The highest BCUT2D eigenvalue weighted by Crippen LogP contribution is 2.17. The Morgan fingerprint density at radius 3 is 2.58 bits per heavy atom. The summed E-state index contributed by atoms with van der Waals surface area (Å²) in [5.41, 5.74) is 2.80. The number of amides is 1. The number of thiophene rings is 1. The van der Waals surface area contributed by atoms with Gasteiger partial charge in [0.05, 0.1) is 6.04 Å². The Bertz CT molecular complexity index is 946. The first kappa shape index (κ1) is 18.1. The molecular weight excluding hydrogens is 344 g/mol. The lowest BCUT2D eigenvalue weighted by molar-refractivity contribution is 0.0782. The van der Waals surface area contributed by atoms with Crippen molar-refractivity contribution in [1.82, 2.24) is 9.47 Å². The van der Waals surface area contributed by atoms with E-state index in [2.05, 4.69) is 0 Å². The fraction of sp³-hybridized carbons (Fsp3) is 0.238. The maximum Gasteiger partial charge on any atom is 0.264 e. The van der Waals surface area contributed by atoms with Gasteiger partial charge < -0.3 is 9.47 Å². The molecule has 3 rings (SSSR count). The van der Waals surface area contributed by atoms with Gasteiger partial charge in [-0.2, -0.15) is 11.3 Å². The number of carbonyl (C=O) groups excluding carboxylic acids is 1. The maximum atomic E-state index is 13.1. The Hall–Kier alpha value is -2.66. The van der Waals surface area contributed by atoms with Gasteiger partial charge in [-0.05, 0) is 53.4 Å². The second-order valence-corrected chi connectivity index (χ2v) is 7.25. The highest BCUT2D eigenvalue weighted by molar-refractivity contribution is 7.07. The molecule has 3 aromatic rings. The van der Waals surface area contributed by atoms with Crippen molar-refractivity contribution in [3.63, 3.8) is 0 Å². The average molecular weight is 366 g/mol. The third kappa shape index (κ3) is 3.63. The monoisotopic (exact) mass is 366 g/mol. The Morgan fingerprint density at radius 1 is 1.19 bits per heavy atom. The molecule has 0 radical (unpaired) electrons. The summed E-state index contributed by atoms with van der Waals surface area (Å²) in [7, 11) is 1.73. The van der Waals surface area contributed by atoms with Crippen molar-refractivity contribution in [2.24, 2.45) is 0 Å². The Balaban J connectivity index is 1.95. The van der Waals surface area contributed by atoms with Crippen molar-refractivity contribution in [1.29, 1.82) is 0 Å². The molecule has 0 saturated carbocycles. The average Bonchev–Trinajstić information content (AvgIpc) is 3.15. The summed E-state index contributed by atoms with van der Waals surface area (Å²) in [6.45, 7) is 4.27. The first-order chi connectivity index (χ1) is 12.5. The molecule has 0 N–H and O–H groups in total. The number of aromatic nitrogens is 1. The molecule has 0 aliphatic carbocycles. The molecule has 1 aromatic carbocycles. The van der Waals surface area contributed by atoms with Crippen LogP contribution in [0.3, 0.4) is 0 Å². The van der Waals surface area contributed by atoms with E-state index in [0.29, 0.717) is 12.1 Å². The lowest BCUT2D eigenvalue weighted by atomic mass is 10.1. The first-order valence-corrected chi connectivity index (χ1v) is 9.46. The number of hydrogen-bond donors (Lipinski definition) is 0. The van der Waals surface area contributed by atoms with Gasteiger partial charge in [0, 0.05) is 19.8 Å². The number of nitrogens with zero attached hydrogens (tertiary/aromatic N) is 2. The molecule has 1 amide bonds. The van der Waals surface area contributed by atoms with Crippen LogP contribution < -0.4 is 5.56 Å². The fourth-order valence-electron chi connectivity index (χ4n) is 3.02. The minimum atomic E-state index is -0.247. The van der Waals surface area contributed by atoms with Crippen molar-refractivity contribution in [2.75, 3.05) is 7.05 Å². The van der Waals surface area contributed by atoms with Gasteiger partial charge in [-0.15, -0.1) is 0 Å². The van der Waals surface area contributed by atoms with Crippen molar-refractivity contribution < 1.29 is 4.79 Å². The first-order valence-electron chi connectivity index (χ1n) is 8.52. The lowest BCUT2D eigenvalue weighted by Crippen LogP contribution is -2.36. The summed E-state index contributed by atoms with van der Waals surface area (Å²) >= 11 is 1.60. The summed E-state index contributed by atoms with van der Waals surface area (Å²) in [4.78, 5) is 27.6. The van der Waals surface area contributed by atoms with Crippen LogP contribution in [0, 0.1) is 6.92 Å². The van der Waals surface area contributed by atoms with Gasteiger partial charge in [-0.1, -0.05) is 30.3 Å². The number of benzene rings is 1. The van der Waals surface area contributed by atoms with E-state index in [0.717, 1.165) is 11.1 Å². The molecule has 134 valence electrons. The fourth-order valence-corrected chi connectivity index (χ4v) is 3.68. The third-order valence-electron chi connectivity index (χ3n) is 4.59. The van der Waals surface area contributed by atoms with Crippen LogP contribution in [-0.4, -0.2) is 22.4 Å². The second kappa shape index (κ2) is 7.70. The van der Waals surface area contributed by atoms with Gasteiger partial charge in [0.25, 0.3) is 11.5 Å². The summed E-state index contributed by atoms with van der Waals surface area (Å²) < 4.78 is 1.63. The van der Waals surface area contributed by atoms with E-state index < -0.39 is 0 Å². The molecule has 4 nitrogen and oxygen atoms in total. The van der Waals surface area contributed by atoms with Crippen LogP contribution in [0.5, 0.6) is 0 Å². The molecule has 0 aliphatic heterocycles. The van der Waals surface area contributed by atoms with Crippen LogP contribution in [0.2, 0.25) is 0 Å². The van der Waals surface area contributed by atoms with Gasteiger partial charge in [-0.3, -0.25) is 9.59 Å². The Morgan fingerprint density at radius 2 is 1.92 bits per heavy atom. The van der Waals surface area contributed by atoms with Crippen LogP contribution in [-0.2, 0) is 6.54 Å². The normalized spacial score (nSPS) is 12.0. The van der Waals surface area contributed by atoms with Crippen molar-refractivity contribution in [3.8, 4) is 0 Å². The van der Waals surface area contributed by atoms with Crippen LogP contribution in [0.15, 0.2) is 64.2 Å². The standard InChI is InChI=1S/C21H22N2O2S/c1-15-9-11-23(16(2)18-7-5-4-6-8-18)21(25)19(15)20(24)22(3)13-17-10-12-26-14-17/h4-12,14,16H,13H2,1-3H3. The lowest BCUT2D eigenvalue weighted by Gasteiger charge is -2.20. The predicted octanol–water partition coefficient (Wildman–Crippen LogP) is 4.10. The van der Waals surface area contributed by atoms with Gasteiger partial charge in [0.1, 0.15) is 5.56 Å². The Kier molecular flexibility index (Phi) is 5.38. The Labute approximate surface area is 157 Å². The van der Waals surface area contributed by atoms with E-state index in [4.69, 9.17) is 0 Å². The van der Waals surface area contributed by atoms with Crippen LogP contribution in [0.4, 0.5) is 0 Å². The molecule has 2 heterocycles. The SMILES string of the molecule is Cc1ccn(C(C)c2ccccc2)c(=O)c1C(=O)N(C)Cc1ccsc1. The molecule has 2 aromatic heterocycles. The minimum Gasteiger partial charge on any atom is -0.337 e. The van der Waals surface area contributed by atoms with Crippen LogP contribution >= 0.6 is 11.3 Å². The number of aryl methyl sites for hydroxylation is 1. The summed E-state index contributed by atoms with van der Waals surface area (Å²) in [6.07, 6.45) is 1.77. The maximum absolute atomic E-state index is 13.1. The number of pyridine rings is 1. The zero-order chi connectivity index (χ0) is 18.7. The molecule has 0 bridgehead atoms. The zero-order valence-electron chi connectivity index (χ0n) is 15.2. The molecule has 0 saturated heterocycles. The van der Waals surface area contributed by atoms with Gasteiger partial charge in [-0.25, -0.2) is 0 Å². The second-order valence-electron chi connectivity index (χ2n) is 6.47. The van der Waals surface area contributed by atoms with Crippen LogP contribution in [0.1, 0.15) is 40.0 Å². The highest BCUT2D eigenvalue weighted by Gasteiger charge is 2.21. The number of hydrogen-bond acceptors (Lipinski definition) is 3. The van der Waals surface area contributed by atoms with E-state index >= 15 is 0 Å². The van der Waals surface area contributed by atoms with E-state index in [1.807, 2.05) is 67.1 Å². The van der Waals surface area contributed by atoms with E-state index in [-0.39, 0.29) is 23.1 Å². The topological polar surface area (TPSA) is 42.3 Å². The van der Waals surface area contributed by atoms with Crippen molar-refractivity contribution in [3.05, 3.63) is 92.0 Å². The van der Waals surface area contributed by atoms with Crippen molar-refractivity contribution in [2.45, 2.75) is 26.4 Å². The van der Waals surface area contributed by atoms with Crippen LogP contribution in [0.25, 0.3) is 0 Å². The van der Waals surface area contributed by atoms with E-state index in [9.17, 15) is 9.59 Å². The molecule has 26 heavy (non-hydrogen) atoms. The number of carbonyl (C=O) groups is 1. The quantitative estimate of drug-likeness (QED) is 0.682. The zero-order valence-corrected chi connectivity index (χ0v) is 16.0. The summed E-state index contributed by atoms with van der Waals surface area (Å²) in [6, 6.07) is 13.5. The molecule has 0 spiro atoms. The molecular formula is C21H22N2O2S. The third-order valence-corrected chi connectivity index (χ3v) is 5.32. The smallest absolute Gasteiger partial charge is 0.264 e. The van der Waals surface area contributed by atoms with E-state index in [1.54, 1.807) is 34.0 Å². The van der Waals surface area contributed by atoms with Gasteiger partial charge in [0.2, 0.25) is 0 Å². The largest absolute Gasteiger partial charge is 0.337 e. The molecule has 0 fully saturated rings. The molecule has 0 aliphatic rings. The molecule has 1 atom stereocenters. The predicted molar refractivity (Wildman–Crippen MR) is 106 cm³/mol. The number of rotatable bonds is 5. The summed E-state index contributed by atoms with van der Waals surface area (Å²) in [5, 5.41) is 3.99. The minimum absolute atomic E-state index is 0.141. The molecule has 1 unspecified atom stereocenters. The molecule has 5 heteroatoms.